The van der Waals surface area contributed by atoms with E-state index in [9.17, 15) is 0 Å². The van der Waals surface area contributed by atoms with E-state index in [2.05, 4.69) is 39.6 Å². The second kappa shape index (κ2) is 3.97. The van der Waals surface area contributed by atoms with Gasteiger partial charge in [0.15, 0.2) is 0 Å². The molecule has 0 saturated carbocycles. The maximum Gasteiger partial charge on any atom is 0.201 e. The van der Waals surface area contributed by atoms with E-state index in [1.54, 1.807) is 0 Å². The Morgan fingerprint density at radius 3 is 2.74 bits per heavy atom. The molecule has 19 heavy (non-hydrogen) atoms. The molecule has 3 aliphatic rings. The number of imidazole rings is 1. The van der Waals surface area contributed by atoms with Crippen LogP contribution in [0.4, 0.5) is 5.95 Å². The van der Waals surface area contributed by atoms with E-state index in [-0.39, 0.29) is 0 Å². The van der Waals surface area contributed by atoms with Crippen molar-refractivity contribution in [3.05, 3.63) is 23.8 Å². The maximum atomic E-state index is 6.20. The summed E-state index contributed by atoms with van der Waals surface area (Å²) in [5.74, 6) is 1.45. The summed E-state index contributed by atoms with van der Waals surface area (Å²) in [6.07, 6.45) is 2.60. The number of hydrogen-bond donors (Lipinski definition) is 1. The average molecular weight is 256 g/mol. The molecule has 3 fully saturated rings. The molecule has 4 nitrogen and oxygen atoms in total. The topological polar surface area (TPSA) is 47.1 Å². The molecular weight excluding hydrogens is 236 g/mol. The van der Waals surface area contributed by atoms with E-state index in [0.717, 1.165) is 18.0 Å². The molecule has 0 aliphatic carbocycles. The van der Waals surface area contributed by atoms with Gasteiger partial charge in [0.05, 0.1) is 17.1 Å². The fourth-order valence-corrected chi connectivity index (χ4v) is 3.80. The van der Waals surface area contributed by atoms with Crippen LogP contribution < -0.4 is 5.73 Å². The van der Waals surface area contributed by atoms with E-state index in [0.29, 0.717) is 12.0 Å². The van der Waals surface area contributed by atoms with E-state index in [4.69, 9.17) is 5.73 Å². The van der Waals surface area contributed by atoms with Crippen molar-refractivity contribution in [1.29, 1.82) is 0 Å². The number of nitrogens with two attached hydrogens (primary N) is 1. The lowest BCUT2D eigenvalue weighted by atomic mass is 9.84. The van der Waals surface area contributed by atoms with Crippen molar-refractivity contribution < 1.29 is 0 Å². The van der Waals surface area contributed by atoms with E-state index in [1.165, 1.54) is 37.0 Å². The number of aromatic nitrogens is 2. The summed E-state index contributed by atoms with van der Waals surface area (Å²) >= 11 is 0. The smallest absolute Gasteiger partial charge is 0.201 e. The van der Waals surface area contributed by atoms with Crippen molar-refractivity contribution in [1.82, 2.24) is 14.5 Å². The van der Waals surface area contributed by atoms with Gasteiger partial charge in [-0.05, 0) is 56.5 Å². The molecule has 5 rings (SSSR count). The maximum absolute atomic E-state index is 6.20. The molecule has 0 radical (unpaired) electrons. The number of aryl methyl sites for hydroxylation is 1. The number of hydrogen-bond acceptors (Lipinski definition) is 3. The molecule has 3 saturated heterocycles. The Hall–Kier alpha value is -1.55. The van der Waals surface area contributed by atoms with Crippen LogP contribution in [0.15, 0.2) is 18.2 Å². The zero-order chi connectivity index (χ0) is 13.0. The number of nitrogen functional groups attached to an aromatic ring is 1. The van der Waals surface area contributed by atoms with Gasteiger partial charge in [0, 0.05) is 6.54 Å². The van der Waals surface area contributed by atoms with Crippen LogP contribution >= 0.6 is 0 Å². The summed E-state index contributed by atoms with van der Waals surface area (Å²) in [5, 5.41) is 0. The number of anilines is 1. The Balaban J connectivity index is 1.84. The van der Waals surface area contributed by atoms with Gasteiger partial charge in [-0.3, -0.25) is 0 Å². The van der Waals surface area contributed by atoms with Crippen LogP contribution in [-0.2, 0) is 0 Å². The molecule has 1 unspecified atom stereocenters. The fraction of sp³-hybridized carbons (Fsp3) is 0.533. The minimum absolute atomic E-state index is 0.509. The first-order valence-electron chi connectivity index (χ1n) is 7.19. The third kappa shape index (κ3) is 1.66. The van der Waals surface area contributed by atoms with Crippen LogP contribution in [0.25, 0.3) is 11.0 Å². The molecule has 4 heteroatoms. The zero-order valence-corrected chi connectivity index (χ0v) is 11.3. The molecule has 4 heterocycles. The van der Waals surface area contributed by atoms with Crippen LogP contribution in [0.3, 0.4) is 0 Å². The summed E-state index contributed by atoms with van der Waals surface area (Å²) in [6.45, 7) is 5.75. The Labute approximate surface area is 113 Å². The van der Waals surface area contributed by atoms with Gasteiger partial charge in [-0.15, -0.1) is 0 Å². The van der Waals surface area contributed by atoms with E-state index >= 15 is 0 Å². The summed E-state index contributed by atoms with van der Waals surface area (Å²) in [6, 6.07) is 6.96. The first-order valence-corrected chi connectivity index (χ1v) is 7.19. The highest BCUT2D eigenvalue weighted by Gasteiger charge is 2.36. The summed E-state index contributed by atoms with van der Waals surface area (Å²) in [7, 11) is 0. The molecule has 2 bridgehead atoms. The second-order valence-electron chi connectivity index (χ2n) is 6.04. The lowest BCUT2D eigenvalue weighted by Gasteiger charge is -2.45. The zero-order valence-electron chi connectivity index (χ0n) is 11.3. The average Bonchev–Trinajstić information content (AvgIpc) is 2.75. The normalized spacial score (nSPS) is 30.1. The number of benzene rings is 1. The number of fused-ring (bicyclic) bond motifs is 4. The Kier molecular flexibility index (Phi) is 2.36. The van der Waals surface area contributed by atoms with Crippen molar-refractivity contribution in [2.24, 2.45) is 5.92 Å². The number of piperidine rings is 3. The monoisotopic (exact) mass is 256 g/mol. The second-order valence-corrected chi connectivity index (χ2v) is 6.04. The highest BCUT2D eigenvalue weighted by molar-refractivity contribution is 5.79. The van der Waals surface area contributed by atoms with Crippen LogP contribution in [0.5, 0.6) is 0 Å². The van der Waals surface area contributed by atoms with Gasteiger partial charge in [-0.2, -0.15) is 0 Å². The molecule has 2 N–H and O–H groups in total. The van der Waals surface area contributed by atoms with E-state index in [1.807, 2.05) is 0 Å². The largest absolute Gasteiger partial charge is 0.369 e. The van der Waals surface area contributed by atoms with Gasteiger partial charge in [0.2, 0.25) is 5.95 Å². The minimum atomic E-state index is 0.509. The van der Waals surface area contributed by atoms with Gasteiger partial charge >= 0.3 is 0 Å². The predicted molar refractivity (Wildman–Crippen MR) is 77.1 cm³/mol. The van der Waals surface area contributed by atoms with Crippen LogP contribution in [0, 0.1) is 12.8 Å². The molecule has 0 amide bonds. The van der Waals surface area contributed by atoms with E-state index < -0.39 is 0 Å². The summed E-state index contributed by atoms with van der Waals surface area (Å²) in [4.78, 5) is 7.11. The first-order chi connectivity index (χ1) is 9.22. The molecule has 3 aliphatic heterocycles. The standard InChI is InChI=1S/C15H20N4/c1-10-2-3-13-12(8-10)17-15(16)19(13)14-9-18-6-4-11(14)5-7-18/h2-3,8,11,14H,4-7,9H2,1H3,(H2,16,17). The summed E-state index contributed by atoms with van der Waals surface area (Å²) in [5.41, 5.74) is 9.67. The molecule has 1 aromatic heterocycles. The Morgan fingerprint density at radius 1 is 1.26 bits per heavy atom. The van der Waals surface area contributed by atoms with Gasteiger partial charge in [-0.25, -0.2) is 4.98 Å². The minimum Gasteiger partial charge on any atom is -0.369 e. The molecule has 0 spiro atoms. The molecule has 100 valence electrons. The van der Waals surface area contributed by atoms with Gasteiger partial charge in [0.1, 0.15) is 0 Å². The third-order valence-electron chi connectivity index (χ3n) is 4.83. The van der Waals surface area contributed by atoms with Crippen molar-refractivity contribution in [3.63, 3.8) is 0 Å². The van der Waals surface area contributed by atoms with Crippen LogP contribution in [0.2, 0.25) is 0 Å². The third-order valence-corrected chi connectivity index (χ3v) is 4.83. The highest BCUT2D eigenvalue weighted by atomic mass is 15.2. The lowest BCUT2D eigenvalue weighted by molar-refractivity contribution is 0.0598. The molecule has 1 atom stereocenters. The molecule has 2 aromatic rings. The van der Waals surface area contributed by atoms with Crippen LogP contribution in [-0.4, -0.2) is 34.1 Å². The van der Waals surface area contributed by atoms with Gasteiger partial charge in [-0.1, -0.05) is 6.07 Å². The van der Waals surface area contributed by atoms with Crippen molar-refractivity contribution in [3.8, 4) is 0 Å². The molecular formula is C15H20N4. The SMILES string of the molecule is Cc1ccc2c(c1)nc(N)n2C1CN2CCC1CC2. The van der Waals surface area contributed by atoms with Crippen molar-refractivity contribution in [2.75, 3.05) is 25.4 Å². The highest BCUT2D eigenvalue weighted by Crippen LogP contribution is 2.38. The quantitative estimate of drug-likeness (QED) is 0.851. The number of rotatable bonds is 1. The summed E-state index contributed by atoms with van der Waals surface area (Å²) < 4.78 is 2.28. The van der Waals surface area contributed by atoms with Gasteiger partial charge in [0.25, 0.3) is 0 Å². The number of nitrogens with zero attached hydrogens (tertiary/aromatic N) is 3. The molecule has 1 aromatic carbocycles. The van der Waals surface area contributed by atoms with Gasteiger partial charge < -0.3 is 15.2 Å². The van der Waals surface area contributed by atoms with Crippen molar-refractivity contribution >= 4 is 17.0 Å². The predicted octanol–water partition coefficient (Wildman–Crippen LogP) is 2.19. The van der Waals surface area contributed by atoms with Crippen LogP contribution in [0.1, 0.15) is 24.4 Å². The lowest BCUT2D eigenvalue weighted by Crippen LogP contribution is -2.48. The Morgan fingerprint density at radius 2 is 2.05 bits per heavy atom. The fourth-order valence-electron chi connectivity index (χ4n) is 3.80. The first kappa shape index (κ1) is 11.3. The Bertz CT molecular complexity index is 622. The van der Waals surface area contributed by atoms with Crippen molar-refractivity contribution in [2.45, 2.75) is 25.8 Å².